The summed E-state index contributed by atoms with van der Waals surface area (Å²) >= 11 is 0. The zero-order valence-electron chi connectivity index (χ0n) is 14.5. The van der Waals surface area contributed by atoms with Crippen molar-refractivity contribution in [1.82, 2.24) is 4.98 Å². The summed E-state index contributed by atoms with van der Waals surface area (Å²) in [4.78, 5) is 19.9. The molecular weight excluding hydrogens is 340 g/mol. The highest BCUT2D eigenvalue weighted by Gasteiger charge is 2.07. The van der Waals surface area contributed by atoms with Gasteiger partial charge in [-0.05, 0) is 55.0 Å². The van der Waals surface area contributed by atoms with Crippen LogP contribution >= 0.6 is 0 Å². The number of benzene rings is 2. The Hall–Kier alpha value is -3.73. The van der Waals surface area contributed by atoms with Gasteiger partial charge in [0.25, 0.3) is 0 Å². The summed E-state index contributed by atoms with van der Waals surface area (Å²) in [6.07, 6.45) is 3.39. The third kappa shape index (κ3) is 3.48. The van der Waals surface area contributed by atoms with Gasteiger partial charge >= 0.3 is 0 Å². The number of furan rings is 1. The van der Waals surface area contributed by atoms with E-state index in [0.29, 0.717) is 22.6 Å². The van der Waals surface area contributed by atoms with Crippen LogP contribution in [0.1, 0.15) is 21.7 Å². The largest absolute Gasteiger partial charge is 0.545 e. The van der Waals surface area contributed by atoms with Gasteiger partial charge in [-0.15, -0.1) is 0 Å². The summed E-state index contributed by atoms with van der Waals surface area (Å²) in [6, 6.07) is 18.3. The van der Waals surface area contributed by atoms with Crippen LogP contribution in [0.2, 0.25) is 0 Å². The number of aliphatic imine (C=N–C) groups is 1. The van der Waals surface area contributed by atoms with E-state index in [0.717, 1.165) is 16.6 Å². The summed E-state index contributed by atoms with van der Waals surface area (Å²) in [5, 5.41) is 12.2. The van der Waals surface area contributed by atoms with Crippen LogP contribution in [0.3, 0.4) is 0 Å². The van der Waals surface area contributed by atoms with Crippen LogP contribution in [0.4, 0.5) is 5.69 Å². The molecule has 2 heterocycles. The first kappa shape index (κ1) is 16.7. The molecule has 0 atom stereocenters. The van der Waals surface area contributed by atoms with Crippen molar-refractivity contribution in [2.24, 2.45) is 4.99 Å². The number of carboxylic acids is 1. The molecule has 0 saturated carbocycles. The Kier molecular flexibility index (Phi) is 4.26. The minimum absolute atomic E-state index is 0.156. The number of nitrogens with zero attached hydrogens (tertiary/aromatic N) is 2. The number of carbonyl (C=O) groups is 1. The van der Waals surface area contributed by atoms with Crippen LogP contribution in [0.15, 0.2) is 76.3 Å². The quantitative estimate of drug-likeness (QED) is 0.520. The molecule has 4 aromatic rings. The van der Waals surface area contributed by atoms with Crippen molar-refractivity contribution in [3.8, 4) is 11.3 Å². The van der Waals surface area contributed by atoms with Gasteiger partial charge in [-0.25, -0.2) is 0 Å². The molecule has 0 aliphatic rings. The zero-order valence-corrected chi connectivity index (χ0v) is 14.5. The lowest BCUT2D eigenvalue weighted by Gasteiger charge is -2.08. The maximum Gasteiger partial charge on any atom is 0.145 e. The molecular formula is C22H15N2O3-. The van der Waals surface area contributed by atoms with Gasteiger partial charge in [-0.2, -0.15) is 0 Å². The van der Waals surface area contributed by atoms with E-state index in [4.69, 9.17) is 4.42 Å². The van der Waals surface area contributed by atoms with Gasteiger partial charge in [0.15, 0.2) is 0 Å². The number of pyridine rings is 1. The molecule has 0 fully saturated rings. The SMILES string of the molecule is Cc1ccc(-c2ccc(C=Nc3ccc4ncccc4c3)o2)cc1C(=O)[O-]. The van der Waals surface area contributed by atoms with Crippen molar-refractivity contribution in [2.75, 3.05) is 0 Å². The number of carboxylic acid groups (broad SMARTS) is 1. The van der Waals surface area contributed by atoms with Gasteiger partial charge in [0.05, 0.1) is 23.4 Å². The van der Waals surface area contributed by atoms with Crippen LogP contribution in [0.5, 0.6) is 0 Å². The number of hydrogen-bond acceptors (Lipinski definition) is 5. The lowest BCUT2D eigenvalue weighted by molar-refractivity contribution is -0.255. The number of aromatic carboxylic acids is 1. The van der Waals surface area contributed by atoms with E-state index in [2.05, 4.69) is 9.98 Å². The summed E-state index contributed by atoms with van der Waals surface area (Å²) in [7, 11) is 0. The van der Waals surface area contributed by atoms with E-state index in [9.17, 15) is 9.90 Å². The number of carbonyl (C=O) groups excluding carboxylic acids is 1. The standard InChI is InChI=1S/C22H16N2O3/c1-14-4-5-16(12-19(14)22(25)26)21-9-7-18(27-21)13-24-17-6-8-20-15(11-17)3-2-10-23-20/h2-13H,1H3,(H,25,26)/p-1. The molecule has 0 aliphatic carbocycles. The zero-order chi connectivity index (χ0) is 18.8. The van der Waals surface area contributed by atoms with Crippen molar-refractivity contribution in [2.45, 2.75) is 6.92 Å². The number of rotatable bonds is 4. The van der Waals surface area contributed by atoms with Crippen molar-refractivity contribution < 1.29 is 14.3 Å². The van der Waals surface area contributed by atoms with Crippen LogP contribution in [-0.4, -0.2) is 17.2 Å². The molecule has 0 amide bonds. The topological polar surface area (TPSA) is 78.5 Å². The second-order valence-corrected chi connectivity index (χ2v) is 6.16. The minimum atomic E-state index is -1.20. The molecule has 0 bridgehead atoms. The molecule has 0 aliphatic heterocycles. The van der Waals surface area contributed by atoms with Gasteiger partial charge in [0.1, 0.15) is 11.5 Å². The predicted molar refractivity (Wildman–Crippen MR) is 102 cm³/mol. The van der Waals surface area contributed by atoms with E-state index in [1.165, 1.54) is 0 Å². The minimum Gasteiger partial charge on any atom is -0.545 e. The molecule has 0 N–H and O–H groups in total. The van der Waals surface area contributed by atoms with E-state index in [-0.39, 0.29) is 5.56 Å². The normalized spacial score (nSPS) is 11.3. The Labute approximate surface area is 155 Å². The first-order chi connectivity index (χ1) is 13.1. The molecule has 132 valence electrons. The van der Waals surface area contributed by atoms with E-state index >= 15 is 0 Å². The van der Waals surface area contributed by atoms with Crippen LogP contribution in [-0.2, 0) is 0 Å². The number of aryl methyl sites for hydroxylation is 1. The van der Waals surface area contributed by atoms with Gasteiger partial charge in [-0.1, -0.05) is 18.2 Å². The third-order valence-corrected chi connectivity index (χ3v) is 4.30. The highest BCUT2D eigenvalue weighted by Crippen LogP contribution is 2.25. The number of hydrogen-bond donors (Lipinski definition) is 0. The van der Waals surface area contributed by atoms with Crippen molar-refractivity contribution >= 4 is 28.8 Å². The Morgan fingerprint density at radius 1 is 1.11 bits per heavy atom. The fourth-order valence-electron chi connectivity index (χ4n) is 2.85. The van der Waals surface area contributed by atoms with Gasteiger partial charge in [0.2, 0.25) is 0 Å². The molecule has 4 rings (SSSR count). The second-order valence-electron chi connectivity index (χ2n) is 6.16. The molecule has 2 aromatic heterocycles. The highest BCUT2D eigenvalue weighted by atomic mass is 16.4. The predicted octanol–water partition coefficient (Wildman–Crippen LogP) is 3.92. The molecule has 0 unspecified atom stereocenters. The Bertz CT molecular complexity index is 1180. The molecule has 0 saturated heterocycles. The van der Waals surface area contributed by atoms with Crippen molar-refractivity contribution in [3.63, 3.8) is 0 Å². The summed E-state index contributed by atoms with van der Waals surface area (Å²) < 4.78 is 5.78. The monoisotopic (exact) mass is 355 g/mol. The third-order valence-electron chi connectivity index (χ3n) is 4.30. The summed E-state index contributed by atoms with van der Waals surface area (Å²) in [6.45, 7) is 1.73. The lowest BCUT2D eigenvalue weighted by atomic mass is 10.0. The average molecular weight is 355 g/mol. The van der Waals surface area contributed by atoms with E-state index < -0.39 is 5.97 Å². The summed E-state index contributed by atoms with van der Waals surface area (Å²) in [5.74, 6) is -0.0537. The average Bonchev–Trinajstić information content (AvgIpc) is 3.15. The van der Waals surface area contributed by atoms with Crippen LogP contribution in [0, 0.1) is 6.92 Å². The van der Waals surface area contributed by atoms with Crippen molar-refractivity contribution in [1.29, 1.82) is 0 Å². The molecule has 2 aromatic carbocycles. The Morgan fingerprint density at radius 2 is 2.00 bits per heavy atom. The fourth-order valence-corrected chi connectivity index (χ4v) is 2.85. The van der Waals surface area contributed by atoms with Crippen molar-refractivity contribution in [3.05, 3.63) is 83.7 Å². The van der Waals surface area contributed by atoms with Gasteiger partial charge < -0.3 is 14.3 Å². The van der Waals surface area contributed by atoms with E-state index in [1.807, 2.05) is 36.4 Å². The smallest absolute Gasteiger partial charge is 0.145 e. The molecule has 27 heavy (non-hydrogen) atoms. The first-order valence-electron chi connectivity index (χ1n) is 8.41. The molecule has 5 heteroatoms. The Balaban J connectivity index is 1.59. The summed E-state index contributed by atoms with van der Waals surface area (Å²) in [5.41, 5.74) is 3.20. The molecule has 0 spiro atoms. The molecule has 0 radical (unpaired) electrons. The van der Waals surface area contributed by atoms with E-state index in [1.54, 1.807) is 43.6 Å². The maximum absolute atomic E-state index is 11.2. The number of aromatic nitrogens is 1. The first-order valence-corrected chi connectivity index (χ1v) is 8.41. The highest BCUT2D eigenvalue weighted by molar-refractivity contribution is 5.89. The Morgan fingerprint density at radius 3 is 2.85 bits per heavy atom. The maximum atomic E-state index is 11.2. The lowest BCUT2D eigenvalue weighted by Crippen LogP contribution is -2.23. The van der Waals surface area contributed by atoms with Crippen LogP contribution < -0.4 is 5.11 Å². The fraction of sp³-hybridized carbons (Fsp3) is 0.0455. The van der Waals surface area contributed by atoms with Gasteiger partial charge in [-0.3, -0.25) is 9.98 Å². The van der Waals surface area contributed by atoms with Gasteiger partial charge in [0, 0.05) is 22.7 Å². The molecule has 5 nitrogen and oxygen atoms in total. The van der Waals surface area contributed by atoms with Crippen LogP contribution in [0.25, 0.3) is 22.2 Å². The number of fused-ring (bicyclic) bond motifs is 1. The second kappa shape index (κ2) is 6.88.